The minimum absolute atomic E-state index is 0.124. The maximum atomic E-state index is 13.4. The van der Waals surface area contributed by atoms with Crippen LogP contribution in [0.1, 0.15) is 27.0 Å². The fraction of sp³-hybridized carbons (Fsp3) is 0.0968. The molecule has 0 unspecified atom stereocenters. The van der Waals surface area contributed by atoms with Crippen molar-refractivity contribution in [1.82, 2.24) is 5.32 Å². The fourth-order valence-electron chi connectivity index (χ4n) is 4.12. The van der Waals surface area contributed by atoms with Crippen LogP contribution in [0, 0.1) is 12.7 Å². The third-order valence-corrected chi connectivity index (χ3v) is 7.44. The quantitative estimate of drug-likeness (QED) is 0.220. The molecule has 3 aromatic carbocycles. The number of ether oxygens (including phenoxy) is 1. The highest BCUT2D eigenvalue weighted by Gasteiger charge is 2.16. The van der Waals surface area contributed by atoms with Crippen LogP contribution in [0.2, 0.25) is 5.02 Å². The van der Waals surface area contributed by atoms with Crippen LogP contribution in [-0.4, -0.2) is 5.91 Å². The second-order valence-corrected chi connectivity index (χ2v) is 10.2. The van der Waals surface area contributed by atoms with E-state index < -0.39 is 0 Å². The van der Waals surface area contributed by atoms with E-state index in [1.807, 2.05) is 73.2 Å². The summed E-state index contributed by atoms with van der Waals surface area (Å²) in [6.07, 6.45) is 3.69. The molecule has 0 fully saturated rings. The predicted molar refractivity (Wildman–Crippen MR) is 150 cm³/mol. The van der Waals surface area contributed by atoms with Gasteiger partial charge in [-0.25, -0.2) is 9.37 Å². The van der Waals surface area contributed by atoms with Crippen LogP contribution in [0.25, 0.3) is 21.6 Å². The third-order valence-electron chi connectivity index (χ3n) is 6.12. The Morgan fingerprint density at radius 2 is 1.87 bits per heavy atom. The largest absolute Gasteiger partial charge is 0.488 e. The van der Waals surface area contributed by atoms with Crippen molar-refractivity contribution in [3.63, 3.8) is 0 Å². The topological polar surface area (TPSA) is 52.5 Å². The maximum Gasteiger partial charge on any atom is 0.251 e. The van der Waals surface area contributed by atoms with Gasteiger partial charge in [0.1, 0.15) is 18.2 Å². The van der Waals surface area contributed by atoms with Gasteiger partial charge in [-0.3, -0.25) is 4.79 Å². The molecule has 1 amide bonds. The number of halogens is 2. The van der Waals surface area contributed by atoms with Crippen LogP contribution in [0.3, 0.4) is 0 Å². The summed E-state index contributed by atoms with van der Waals surface area (Å²) in [6.45, 7) is 2.71. The summed E-state index contributed by atoms with van der Waals surface area (Å²) >= 11 is 7.83. The van der Waals surface area contributed by atoms with E-state index in [2.05, 4.69) is 22.4 Å². The van der Waals surface area contributed by atoms with Crippen molar-refractivity contribution in [2.75, 3.05) is 0 Å². The number of aromatic amines is 1. The normalized spacial score (nSPS) is 10.8. The van der Waals surface area contributed by atoms with Gasteiger partial charge in [0.15, 0.2) is 12.4 Å². The second-order valence-electron chi connectivity index (χ2n) is 8.86. The molecule has 0 aliphatic carbocycles. The van der Waals surface area contributed by atoms with Gasteiger partial charge in [-0.1, -0.05) is 41.4 Å². The number of H-pyrrole nitrogens is 1. The number of hydrogen-bond donors (Lipinski definition) is 1. The molecule has 2 heterocycles. The van der Waals surface area contributed by atoms with Gasteiger partial charge in [0.2, 0.25) is 0 Å². The van der Waals surface area contributed by atoms with Crippen molar-refractivity contribution >= 4 is 28.8 Å². The lowest BCUT2D eigenvalue weighted by molar-refractivity contribution is -0.378. The maximum absolute atomic E-state index is 13.4. The Balaban J connectivity index is 1.36. The average Bonchev–Trinajstić information content (AvgIpc) is 3.42. The summed E-state index contributed by atoms with van der Waals surface area (Å²) in [6, 6.07) is 23.9. The smallest absolute Gasteiger partial charge is 0.251 e. The van der Waals surface area contributed by atoms with Gasteiger partial charge in [0, 0.05) is 45.3 Å². The molecule has 5 aromatic rings. The molecule has 0 saturated heterocycles. The Labute approximate surface area is 229 Å². The molecule has 0 radical (unpaired) electrons. The van der Waals surface area contributed by atoms with E-state index in [1.54, 1.807) is 17.4 Å². The van der Waals surface area contributed by atoms with Crippen molar-refractivity contribution in [1.29, 1.82) is 0 Å². The van der Waals surface area contributed by atoms with Gasteiger partial charge in [0.25, 0.3) is 5.91 Å². The first-order valence-corrected chi connectivity index (χ1v) is 13.3. The van der Waals surface area contributed by atoms with Crippen molar-refractivity contribution in [2.24, 2.45) is 0 Å². The molecule has 0 aliphatic heterocycles. The lowest BCUT2D eigenvalue weighted by atomic mass is 9.99. The lowest BCUT2D eigenvalue weighted by Crippen LogP contribution is -2.23. The molecule has 2 N–H and O–H groups in total. The number of benzene rings is 3. The van der Waals surface area contributed by atoms with Crippen LogP contribution < -0.4 is 15.0 Å². The molecule has 0 bridgehead atoms. The van der Waals surface area contributed by atoms with Crippen molar-refractivity contribution in [2.45, 2.75) is 20.1 Å². The number of aromatic nitrogens is 1. The first kappa shape index (κ1) is 25.6. The average molecular weight is 544 g/mol. The standard InChI is InChI=1S/C31H24ClFN2O2S/c1-20-4-11-29(37-19-24-9-10-25(33)16-28(24)32)27(15-20)26-12-14-38-30(26)22-5-7-23(8-6-22)31(36)35-18-21-3-2-13-34-17-21/h2-17H,18-19H2,1H3,(H,35,36)/p+1. The van der Waals surface area contributed by atoms with Crippen LogP contribution in [-0.2, 0) is 13.2 Å². The van der Waals surface area contributed by atoms with E-state index in [-0.39, 0.29) is 18.3 Å². The van der Waals surface area contributed by atoms with Gasteiger partial charge >= 0.3 is 0 Å². The van der Waals surface area contributed by atoms with Crippen LogP contribution in [0.5, 0.6) is 5.75 Å². The summed E-state index contributed by atoms with van der Waals surface area (Å²) in [7, 11) is 0. The summed E-state index contributed by atoms with van der Waals surface area (Å²) < 4.78 is 19.6. The zero-order valence-electron chi connectivity index (χ0n) is 20.6. The molecular weight excluding hydrogens is 519 g/mol. The molecule has 190 valence electrons. The number of hydrogen-bond acceptors (Lipinski definition) is 3. The highest BCUT2D eigenvalue weighted by atomic mass is 35.5. The third kappa shape index (κ3) is 5.93. The van der Waals surface area contributed by atoms with Gasteiger partial charge in [-0.15, -0.1) is 11.3 Å². The SMILES string of the molecule is Cc1ccc(OCc2ccc(F)cc2Cl)c(-c2ccsc2-c2ccc(C(=O)NCc3ccc[nH+]c3)cc2)c1. The Morgan fingerprint density at radius 3 is 2.63 bits per heavy atom. The molecule has 7 heteroatoms. The number of thiophene rings is 1. The molecular formula is C31H25ClFN2O2S+. The molecule has 4 nitrogen and oxygen atoms in total. The second kappa shape index (κ2) is 11.6. The molecule has 0 aliphatic rings. The Kier molecular flexibility index (Phi) is 7.82. The molecule has 0 saturated carbocycles. The molecule has 5 rings (SSSR count). The number of aryl methyl sites for hydroxylation is 1. The van der Waals surface area contributed by atoms with Crippen molar-refractivity contribution in [3.05, 3.63) is 130 Å². The zero-order valence-corrected chi connectivity index (χ0v) is 22.2. The van der Waals surface area contributed by atoms with Crippen LogP contribution in [0.15, 0.2) is 96.6 Å². The van der Waals surface area contributed by atoms with E-state index in [4.69, 9.17) is 16.3 Å². The van der Waals surface area contributed by atoms with E-state index >= 15 is 0 Å². The number of rotatable bonds is 8. The van der Waals surface area contributed by atoms with Crippen LogP contribution in [0.4, 0.5) is 4.39 Å². The van der Waals surface area contributed by atoms with Gasteiger partial charge in [-0.05, 0) is 66.4 Å². The first-order valence-electron chi connectivity index (χ1n) is 12.1. The lowest BCUT2D eigenvalue weighted by Gasteiger charge is -2.14. The van der Waals surface area contributed by atoms with E-state index in [1.165, 1.54) is 12.1 Å². The highest BCUT2D eigenvalue weighted by molar-refractivity contribution is 7.14. The molecule has 0 spiro atoms. The minimum atomic E-state index is -0.379. The Bertz CT molecular complexity index is 1570. The zero-order chi connectivity index (χ0) is 26.5. The van der Waals surface area contributed by atoms with Gasteiger partial charge < -0.3 is 10.1 Å². The Morgan fingerprint density at radius 1 is 1.03 bits per heavy atom. The first-order chi connectivity index (χ1) is 18.5. The number of nitrogens with one attached hydrogen (secondary N) is 2. The molecule has 0 atom stereocenters. The highest BCUT2D eigenvalue weighted by Crippen LogP contribution is 2.41. The van der Waals surface area contributed by atoms with Crippen molar-refractivity contribution in [3.8, 4) is 27.3 Å². The molecule has 2 aromatic heterocycles. The van der Waals surface area contributed by atoms with Crippen molar-refractivity contribution < 1.29 is 18.9 Å². The van der Waals surface area contributed by atoms with E-state index in [0.29, 0.717) is 28.4 Å². The summed E-state index contributed by atoms with van der Waals surface area (Å²) in [5.41, 5.74) is 6.42. The van der Waals surface area contributed by atoms with E-state index in [0.717, 1.165) is 32.7 Å². The minimum Gasteiger partial charge on any atom is -0.488 e. The predicted octanol–water partition coefficient (Wildman–Crippen LogP) is 7.51. The fourth-order valence-corrected chi connectivity index (χ4v) is 5.26. The number of amides is 1. The summed E-state index contributed by atoms with van der Waals surface area (Å²) in [4.78, 5) is 16.7. The van der Waals surface area contributed by atoms with Gasteiger partial charge in [0.05, 0.1) is 5.02 Å². The van der Waals surface area contributed by atoms with E-state index in [9.17, 15) is 9.18 Å². The van der Waals surface area contributed by atoms with Gasteiger partial charge in [-0.2, -0.15) is 0 Å². The summed E-state index contributed by atoms with van der Waals surface area (Å²) in [5.74, 6) is 0.210. The number of pyridine rings is 1. The Hall–Kier alpha value is -4.00. The number of carbonyl (C=O) groups excluding carboxylic acids is 1. The molecule has 38 heavy (non-hydrogen) atoms. The monoisotopic (exact) mass is 543 g/mol. The summed E-state index contributed by atoms with van der Waals surface area (Å²) in [5, 5.41) is 5.33. The number of carbonyl (C=O) groups is 1. The van der Waals surface area contributed by atoms with Crippen LogP contribution >= 0.6 is 22.9 Å².